The molecule has 0 spiro atoms. The van der Waals surface area contributed by atoms with Crippen LogP contribution in [0.15, 0.2) is 6.07 Å². The Morgan fingerprint density at radius 2 is 2.29 bits per heavy atom. The number of carbonyl (C=O) groups excluding carboxylic acids is 1. The standard InChI is InChI=1S/C10H17N3O/c1-7(2)5-10(14)11-9-6-8(3)12-13(9)4/h6-7H,5H2,1-4H3,(H,11,14). The first kappa shape index (κ1) is 10.8. The van der Waals surface area contributed by atoms with Gasteiger partial charge in [-0.05, 0) is 12.8 Å². The maximum Gasteiger partial charge on any atom is 0.225 e. The van der Waals surface area contributed by atoms with Crippen LogP contribution in [0.3, 0.4) is 0 Å². The van der Waals surface area contributed by atoms with Crippen molar-refractivity contribution < 1.29 is 4.79 Å². The van der Waals surface area contributed by atoms with Crippen LogP contribution in [0.25, 0.3) is 0 Å². The van der Waals surface area contributed by atoms with Crippen molar-refractivity contribution in [2.45, 2.75) is 27.2 Å². The molecule has 1 amide bonds. The Bertz CT molecular complexity index is 328. The smallest absolute Gasteiger partial charge is 0.225 e. The van der Waals surface area contributed by atoms with E-state index in [4.69, 9.17) is 0 Å². The molecule has 1 heterocycles. The number of hydrogen-bond donors (Lipinski definition) is 1. The number of rotatable bonds is 3. The van der Waals surface area contributed by atoms with E-state index in [-0.39, 0.29) is 5.91 Å². The Labute approximate surface area is 84.3 Å². The summed E-state index contributed by atoms with van der Waals surface area (Å²) in [5.41, 5.74) is 0.910. The van der Waals surface area contributed by atoms with E-state index < -0.39 is 0 Å². The summed E-state index contributed by atoms with van der Waals surface area (Å²) in [6.45, 7) is 5.94. The second-order valence-corrected chi connectivity index (χ2v) is 3.94. The van der Waals surface area contributed by atoms with Gasteiger partial charge < -0.3 is 5.32 Å². The minimum atomic E-state index is 0.0444. The van der Waals surface area contributed by atoms with Crippen molar-refractivity contribution in [2.75, 3.05) is 5.32 Å². The van der Waals surface area contributed by atoms with Crippen molar-refractivity contribution in [1.82, 2.24) is 9.78 Å². The van der Waals surface area contributed by atoms with Gasteiger partial charge in [-0.15, -0.1) is 0 Å². The van der Waals surface area contributed by atoms with Crippen molar-refractivity contribution >= 4 is 11.7 Å². The number of amides is 1. The quantitative estimate of drug-likeness (QED) is 0.798. The predicted molar refractivity (Wildman–Crippen MR) is 56.0 cm³/mol. The third kappa shape index (κ3) is 2.87. The van der Waals surface area contributed by atoms with Crippen LogP contribution < -0.4 is 5.32 Å². The van der Waals surface area contributed by atoms with Gasteiger partial charge >= 0.3 is 0 Å². The first-order valence-electron chi connectivity index (χ1n) is 4.79. The first-order valence-corrected chi connectivity index (χ1v) is 4.79. The van der Waals surface area contributed by atoms with E-state index in [1.807, 2.05) is 33.9 Å². The fourth-order valence-corrected chi connectivity index (χ4v) is 1.29. The summed E-state index contributed by atoms with van der Waals surface area (Å²) in [7, 11) is 1.82. The van der Waals surface area contributed by atoms with E-state index in [0.717, 1.165) is 11.5 Å². The number of hydrogen-bond acceptors (Lipinski definition) is 2. The SMILES string of the molecule is Cc1cc(NC(=O)CC(C)C)n(C)n1. The topological polar surface area (TPSA) is 46.9 Å². The van der Waals surface area contributed by atoms with Crippen LogP contribution in [-0.4, -0.2) is 15.7 Å². The molecule has 1 aromatic heterocycles. The highest BCUT2D eigenvalue weighted by atomic mass is 16.1. The van der Waals surface area contributed by atoms with E-state index in [1.165, 1.54) is 0 Å². The monoisotopic (exact) mass is 195 g/mol. The van der Waals surface area contributed by atoms with Gasteiger partial charge in [-0.1, -0.05) is 13.8 Å². The first-order chi connectivity index (χ1) is 6.49. The Kier molecular flexibility index (Phi) is 3.28. The molecule has 1 rings (SSSR count). The normalized spacial score (nSPS) is 10.6. The lowest BCUT2D eigenvalue weighted by Crippen LogP contribution is -2.16. The van der Waals surface area contributed by atoms with E-state index in [2.05, 4.69) is 10.4 Å². The number of aryl methyl sites for hydroxylation is 2. The van der Waals surface area contributed by atoms with Crippen LogP contribution in [0.5, 0.6) is 0 Å². The molecule has 0 atom stereocenters. The number of aromatic nitrogens is 2. The molecule has 1 N–H and O–H groups in total. The Morgan fingerprint density at radius 3 is 2.71 bits per heavy atom. The molecule has 1 aromatic rings. The second-order valence-electron chi connectivity index (χ2n) is 3.94. The van der Waals surface area contributed by atoms with Gasteiger partial charge in [-0.2, -0.15) is 5.10 Å². The molecule has 0 fully saturated rings. The summed E-state index contributed by atoms with van der Waals surface area (Å²) in [6.07, 6.45) is 0.546. The van der Waals surface area contributed by atoms with Crippen molar-refractivity contribution in [3.8, 4) is 0 Å². The minimum absolute atomic E-state index is 0.0444. The van der Waals surface area contributed by atoms with Crippen molar-refractivity contribution in [3.05, 3.63) is 11.8 Å². The van der Waals surface area contributed by atoms with Gasteiger partial charge in [0.15, 0.2) is 0 Å². The zero-order valence-electron chi connectivity index (χ0n) is 9.16. The summed E-state index contributed by atoms with van der Waals surface area (Å²) in [5, 5.41) is 6.97. The molecule has 14 heavy (non-hydrogen) atoms. The molecule has 0 aliphatic carbocycles. The van der Waals surface area contributed by atoms with Crippen molar-refractivity contribution in [1.29, 1.82) is 0 Å². The van der Waals surface area contributed by atoms with Crippen molar-refractivity contribution in [2.24, 2.45) is 13.0 Å². The number of nitrogens with zero attached hydrogens (tertiary/aromatic N) is 2. The van der Waals surface area contributed by atoms with E-state index >= 15 is 0 Å². The molecular formula is C10H17N3O. The highest BCUT2D eigenvalue weighted by molar-refractivity contribution is 5.89. The second kappa shape index (κ2) is 4.26. The van der Waals surface area contributed by atoms with Crippen LogP contribution in [0, 0.1) is 12.8 Å². The summed E-state index contributed by atoms with van der Waals surface area (Å²) >= 11 is 0. The van der Waals surface area contributed by atoms with Crippen molar-refractivity contribution in [3.63, 3.8) is 0 Å². The maximum atomic E-state index is 11.4. The lowest BCUT2D eigenvalue weighted by Gasteiger charge is -2.06. The van der Waals surface area contributed by atoms with Gasteiger partial charge in [0.2, 0.25) is 5.91 Å². The molecule has 0 radical (unpaired) electrons. The molecule has 78 valence electrons. The molecule has 0 unspecified atom stereocenters. The number of anilines is 1. The van der Waals surface area contributed by atoms with Gasteiger partial charge in [-0.25, -0.2) is 0 Å². The van der Waals surface area contributed by atoms with Gasteiger partial charge in [0.05, 0.1) is 5.69 Å². The van der Waals surface area contributed by atoms with E-state index in [9.17, 15) is 4.79 Å². The largest absolute Gasteiger partial charge is 0.311 e. The highest BCUT2D eigenvalue weighted by Gasteiger charge is 2.08. The molecule has 0 saturated carbocycles. The average molecular weight is 195 g/mol. The van der Waals surface area contributed by atoms with Crippen LogP contribution in [0.2, 0.25) is 0 Å². The van der Waals surface area contributed by atoms with Gasteiger partial charge in [-0.3, -0.25) is 9.48 Å². The molecule has 0 aliphatic heterocycles. The molecular weight excluding hydrogens is 178 g/mol. The Hall–Kier alpha value is -1.32. The highest BCUT2D eigenvalue weighted by Crippen LogP contribution is 2.09. The summed E-state index contributed by atoms with van der Waals surface area (Å²) in [4.78, 5) is 11.4. The van der Waals surface area contributed by atoms with Crippen LogP contribution >= 0.6 is 0 Å². The van der Waals surface area contributed by atoms with Gasteiger partial charge in [0.25, 0.3) is 0 Å². The summed E-state index contributed by atoms with van der Waals surface area (Å²) in [5.74, 6) is 1.18. The van der Waals surface area contributed by atoms with Gasteiger partial charge in [0.1, 0.15) is 5.82 Å². The lowest BCUT2D eigenvalue weighted by molar-refractivity contribution is -0.116. The lowest BCUT2D eigenvalue weighted by atomic mass is 10.1. The van der Waals surface area contributed by atoms with Crippen LogP contribution in [0.1, 0.15) is 26.0 Å². The van der Waals surface area contributed by atoms with Crippen LogP contribution in [-0.2, 0) is 11.8 Å². The third-order valence-electron chi connectivity index (χ3n) is 1.86. The van der Waals surface area contributed by atoms with E-state index in [1.54, 1.807) is 4.68 Å². The molecule has 4 heteroatoms. The molecule has 0 aliphatic rings. The zero-order chi connectivity index (χ0) is 10.7. The predicted octanol–water partition coefficient (Wildman–Crippen LogP) is 1.71. The molecule has 0 aromatic carbocycles. The number of nitrogens with one attached hydrogen (secondary N) is 1. The maximum absolute atomic E-state index is 11.4. The molecule has 4 nitrogen and oxygen atoms in total. The summed E-state index contributed by atoms with van der Waals surface area (Å²) < 4.78 is 1.67. The van der Waals surface area contributed by atoms with E-state index in [0.29, 0.717) is 12.3 Å². The fourth-order valence-electron chi connectivity index (χ4n) is 1.29. The third-order valence-corrected chi connectivity index (χ3v) is 1.86. The fraction of sp³-hybridized carbons (Fsp3) is 0.600. The average Bonchev–Trinajstić information content (AvgIpc) is 2.28. The Morgan fingerprint density at radius 1 is 1.64 bits per heavy atom. The van der Waals surface area contributed by atoms with Crippen LogP contribution in [0.4, 0.5) is 5.82 Å². The molecule has 0 bridgehead atoms. The Balaban J connectivity index is 2.60. The summed E-state index contributed by atoms with van der Waals surface area (Å²) in [6, 6.07) is 1.86. The van der Waals surface area contributed by atoms with Gasteiger partial charge in [0, 0.05) is 19.5 Å². The minimum Gasteiger partial charge on any atom is -0.311 e. The molecule has 0 saturated heterocycles. The zero-order valence-corrected chi connectivity index (χ0v) is 9.16. The number of carbonyl (C=O) groups is 1.